The Morgan fingerprint density at radius 3 is 2.44 bits per heavy atom. The fraction of sp³-hybridized carbons (Fsp3) is 0.500. The number of aliphatic carboxylic acids is 1. The number of rotatable bonds is 5. The Hall–Kier alpha value is -1.16. The monoisotopic (exact) mass is 240 g/mol. The molecule has 0 aliphatic rings. The maximum atomic E-state index is 11.9. The van der Waals surface area contributed by atoms with Gasteiger partial charge >= 0.3 is 5.97 Å². The van der Waals surface area contributed by atoms with Crippen LogP contribution < -0.4 is 0 Å². The van der Waals surface area contributed by atoms with Gasteiger partial charge < -0.3 is 5.11 Å². The summed E-state index contributed by atoms with van der Waals surface area (Å²) in [5, 5.41) is 8.82. The van der Waals surface area contributed by atoms with E-state index >= 15 is 0 Å². The summed E-state index contributed by atoms with van der Waals surface area (Å²) < 4.78 is 0. The summed E-state index contributed by atoms with van der Waals surface area (Å²) >= 11 is 1.60. The van der Waals surface area contributed by atoms with Crippen LogP contribution in [-0.4, -0.2) is 16.9 Å². The van der Waals surface area contributed by atoms with Gasteiger partial charge in [0.1, 0.15) is 5.92 Å². The van der Waals surface area contributed by atoms with Crippen molar-refractivity contribution >= 4 is 23.1 Å². The second-order valence-corrected chi connectivity index (χ2v) is 4.90. The van der Waals surface area contributed by atoms with Crippen LogP contribution in [0.3, 0.4) is 0 Å². The number of aryl methyl sites for hydroxylation is 2. The van der Waals surface area contributed by atoms with Crippen LogP contribution in [0.5, 0.6) is 0 Å². The van der Waals surface area contributed by atoms with Gasteiger partial charge in [0.2, 0.25) is 0 Å². The van der Waals surface area contributed by atoms with E-state index in [2.05, 4.69) is 0 Å². The van der Waals surface area contributed by atoms with Gasteiger partial charge in [-0.3, -0.25) is 9.59 Å². The van der Waals surface area contributed by atoms with Crippen molar-refractivity contribution in [1.29, 1.82) is 0 Å². The Bertz CT molecular complexity index is 406. The van der Waals surface area contributed by atoms with Crippen LogP contribution in [0.2, 0.25) is 0 Å². The van der Waals surface area contributed by atoms with Crippen LogP contribution in [0, 0.1) is 5.92 Å². The van der Waals surface area contributed by atoms with E-state index in [1.165, 1.54) is 6.92 Å². The Kier molecular flexibility index (Phi) is 4.24. The molecule has 1 atom stereocenters. The number of hydrogen-bond acceptors (Lipinski definition) is 3. The van der Waals surface area contributed by atoms with Crippen molar-refractivity contribution in [2.24, 2.45) is 5.92 Å². The number of carbonyl (C=O) groups excluding carboxylic acids is 1. The van der Waals surface area contributed by atoms with E-state index in [4.69, 9.17) is 5.11 Å². The molecule has 0 bridgehead atoms. The van der Waals surface area contributed by atoms with Gasteiger partial charge in [-0.15, -0.1) is 11.3 Å². The van der Waals surface area contributed by atoms with Crippen LogP contribution in [0.1, 0.15) is 40.9 Å². The average Bonchev–Trinajstić information content (AvgIpc) is 2.69. The lowest BCUT2D eigenvalue weighted by Crippen LogP contribution is -2.20. The first-order chi connectivity index (χ1) is 7.51. The van der Waals surface area contributed by atoms with Crippen LogP contribution in [0.25, 0.3) is 0 Å². The fourth-order valence-electron chi connectivity index (χ4n) is 1.47. The highest BCUT2D eigenvalue weighted by Gasteiger charge is 2.25. The van der Waals surface area contributed by atoms with E-state index in [0.29, 0.717) is 5.56 Å². The third-order valence-corrected chi connectivity index (χ3v) is 3.98. The molecule has 0 aromatic carbocycles. The molecule has 1 aromatic rings. The summed E-state index contributed by atoms with van der Waals surface area (Å²) in [4.78, 5) is 24.8. The lowest BCUT2D eigenvalue weighted by Gasteiger charge is -2.04. The van der Waals surface area contributed by atoms with Crippen molar-refractivity contribution in [1.82, 2.24) is 0 Å². The Morgan fingerprint density at radius 2 is 2.00 bits per heavy atom. The van der Waals surface area contributed by atoms with Gasteiger partial charge in [-0.25, -0.2) is 0 Å². The molecule has 0 saturated carbocycles. The maximum absolute atomic E-state index is 11.9. The molecule has 0 saturated heterocycles. The van der Waals surface area contributed by atoms with Crippen molar-refractivity contribution in [2.75, 3.05) is 0 Å². The predicted octanol–water partition coefficient (Wildman–Crippen LogP) is 2.78. The van der Waals surface area contributed by atoms with Gasteiger partial charge in [0, 0.05) is 15.3 Å². The highest BCUT2D eigenvalue weighted by Crippen LogP contribution is 2.26. The minimum Gasteiger partial charge on any atom is -0.481 e. The summed E-state index contributed by atoms with van der Waals surface area (Å²) in [6, 6.07) is 1.84. The molecule has 0 aliphatic carbocycles. The normalized spacial score (nSPS) is 12.4. The molecule has 0 spiro atoms. The largest absolute Gasteiger partial charge is 0.481 e. The van der Waals surface area contributed by atoms with Gasteiger partial charge in [0.15, 0.2) is 5.78 Å². The van der Waals surface area contributed by atoms with Gasteiger partial charge in [-0.1, -0.05) is 13.8 Å². The maximum Gasteiger partial charge on any atom is 0.314 e. The summed E-state index contributed by atoms with van der Waals surface area (Å²) in [5.74, 6) is -2.29. The lowest BCUT2D eigenvalue weighted by molar-refractivity contribution is -0.139. The number of carboxylic acids is 1. The first-order valence-corrected chi connectivity index (χ1v) is 6.21. The highest BCUT2D eigenvalue weighted by molar-refractivity contribution is 7.12. The van der Waals surface area contributed by atoms with Crippen molar-refractivity contribution < 1.29 is 14.7 Å². The van der Waals surface area contributed by atoms with Gasteiger partial charge in [-0.2, -0.15) is 0 Å². The molecule has 1 rings (SSSR count). The Labute approximate surface area is 99.1 Å². The third kappa shape index (κ3) is 2.50. The number of hydrogen-bond donors (Lipinski definition) is 1. The molecule has 0 aliphatic heterocycles. The average molecular weight is 240 g/mol. The van der Waals surface area contributed by atoms with Crippen molar-refractivity contribution in [2.45, 2.75) is 33.6 Å². The first-order valence-electron chi connectivity index (χ1n) is 5.39. The molecule has 1 N–H and O–H groups in total. The first kappa shape index (κ1) is 12.9. The zero-order valence-electron chi connectivity index (χ0n) is 9.74. The van der Waals surface area contributed by atoms with Gasteiger partial charge in [0.05, 0.1) is 0 Å². The Balaban J connectivity index is 3.07. The van der Waals surface area contributed by atoms with Gasteiger partial charge in [-0.05, 0) is 25.8 Å². The minimum absolute atomic E-state index is 0.277. The smallest absolute Gasteiger partial charge is 0.314 e. The molecule has 88 valence electrons. The zero-order valence-corrected chi connectivity index (χ0v) is 10.6. The van der Waals surface area contributed by atoms with Crippen LogP contribution in [0.15, 0.2) is 6.07 Å². The number of ketones is 1. The van der Waals surface area contributed by atoms with Crippen LogP contribution >= 0.6 is 11.3 Å². The second kappa shape index (κ2) is 5.25. The molecule has 1 unspecified atom stereocenters. The van der Waals surface area contributed by atoms with E-state index in [1.807, 2.05) is 19.9 Å². The third-order valence-electron chi connectivity index (χ3n) is 2.56. The SMILES string of the molecule is CCc1cc(C(=O)C(C)C(=O)O)c(CC)s1. The van der Waals surface area contributed by atoms with E-state index in [1.54, 1.807) is 11.3 Å². The molecule has 0 fully saturated rings. The van der Waals surface area contributed by atoms with Gasteiger partial charge in [0.25, 0.3) is 0 Å². The fourth-order valence-corrected chi connectivity index (χ4v) is 2.53. The molecule has 1 heterocycles. The molecular weight excluding hydrogens is 224 g/mol. The summed E-state index contributed by atoms with van der Waals surface area (Å²) in [6.45, 7) is 5.45. The molecule has 0 amide bonds. The standard InChI is InChI=1S/C12H16O3S/c1-4-8-6-9(10(5-2)16-8)11(13)7(3)12(14)15/h6-7H,4-5H2,1-3H3,(H,14,15). The second-order valence-electron chi connectivity index (χ2n) is 3.68. The molecule has 1 aromatic heterocycles. The molecule has 16 heavy (non-hydrogen) atoms. The van der Waals surface area contributed by atoms with Crippen LogP contribution in [-0.2, 0) is 17.6 Å². The topological polar surface area (TPSA) is 54.4 Å². The zero-order chi connectivity index (χ0) is 12.3. The number of carbonyl (C=O) groups is 2. The van der Waals surface area contributed by atoms with E-state index in [0.717, 1.165) is 22.6 Å². The van der Waals surface area contributed by atoms with Crippen molar-refractivity contribution in [3.63, 3.8) is 0 Å². The van der Waals surface area contributed by atoms with E-state index in [-0.39, 0.29) is 5.78 Å². The molecular formula is C12H16O3S. The molecule has 0 radical (unpaired) electrons. The summed E-state index contributed by atoms with van der Waals surface area (Å²) in [6.07, 6.45) is 1.66. The summed E-state index contributed by atoms with van der Waals surface area (Å²) in [5.41, 5.74) is 0.597. The molecule has 4 heteroatoms. The number of carboxylic acid groups (broad SMARTS) is 1. The molecule has 3 nitrogen and oxygen atoms in total. The van der Waals surface area contributed by atoms with E-state index < -0.39 is 11.9 Å². The van der Waals surface area contributed by atoms with E-state index in [9.17, 15) is 9.59 Å². The number of thiophene rings is 1. The summed E-state index contributed by atoms with van der Waals surface area (Å²) in [7, 11) is 0. The quantitative estimate of drug-likeness (QED) is 0.636. The lowest BCUT2D eigenvalue weighted by atomic mass is 9.99. The highest BCUT2D eigenvalue weighted by atomic mass is 32.1. The Morgan fingerprint density at radius 1 is 1.38 bits per heavy atom. The number of Topliss-reactive ketones (excluding diaryl/α,β-unsaturated/α-hetero) is 1. The van der Waals surface area contributed by atoms with Crippen molar-refractivity contribution in [3.8, 4) is 0 Å². The van der Waals surface area contributed by atoms with Crippen LogP contribution in [0.4, 0.5) is 0 Å². The minimum atomic E-state index is -1.06. The predicted molar refractivity (Wildman–Crippen MR) is 64.2 cm³/mol. The van der Waals surface area contributed by atoms with Crippen molar-refractivity contribution in [3.05, 3.63) is 21.4 Å².